The third kappa shape index (κ3) is 3.19. The second-order valence-corrected chi connectivity index (χ2v) is 6.04. The maximum absolute atomic E-state index is 11.0. The number of anilines is 1. The number of benzene rings is 1. The third-order valence-corrected chi connectivity index (χ3v) is 4.36. The van der Waals surface area contributed by atoms with Crippen LogP contribution in [0.25, 0.3) is 0 Å². The minimum atomic E-state index is -0.0209. The highest BCUT2D eigenvalue weighted by molar-refractivity contribution is 5.88. The first-order chi connectivity index (χ1) is 9.70. The van der Waals surface area contributed by atoms with E-state index < -0.39 is 0 Å². The first kappa shape index (κ1) is 13.6. The Balaban J connectivity index is 1.57. The highest BCUT2D eigenvalue weighted by Crippen LogP contribution is 2.26. The molecule has 0 aromatic heterocycles. The van der Waals surface area contributed by atoms with Crippen LogP contribution in [0.2, 0.25) is 0 Å². The Kier molecular flexibility index (Phi) is 4.03. The molecule has 0 radical (unpaired) electrons. The van der Waals surface area contributed by atoms with Gasteiger partial charge in [0, 0.05) is 38.3 Å². The van der Waals surface area contributed by atoms with Crippen molar-refractivity contribution in [2.75, 3.05) is 25.0 Å². The van der Waals surface area contributed by atoms with Crippen LogP contribution in [-0.2, 0) is 11.3 Å². The SMILES string of the molecule is CC(=O)Nc1ccc(CN2CC3CCCNC3C2)cc1. The average molecular weight is 273 g/mol. The molecule has 4 heteroatoms. The lowest BCUT2D eigenvalue weighted by atomic mass is 9.94. The van der Waals surface area contributed by atoms with Crippen molar-refractivity contribution in [1.82, 2.24) is 10.2 Å². The van der Waals surface area contributed by atoms with E-state index in [0.717, 1.165) is 24.7 Å². The minimum Gasteiger partial charge on any atom is -0.326 e. The molecule has 0 aliphatic carbocycles. The quantitative estimate of drug-likeness (QED) is 0.883. The van der Waals surface area contributed by atoms with Crippen molar-refractivity contribution in [2.45, 2.75) is 32.4 Å². The van der Waals surface area contributed by atoms with Gasteiger partial charge in [-0.25, -0.2) is 0 Å². The fourth-order valence-electron chi connectivity index (χ4n) is 3.42. The normalized spacial score (nSPS) is 26.2. The van der Waals surface area contributed by atoms with Gasteiger partial charge in [-0.05, 0) is 43.0 Å². The number of nitrogens with one attached hydrogen (secondary N) is 2. The van der Waals surface area contributed by atoms with Gasteiger partial charge in [-0.1, -0.05) is 12.1 Å². The number of hydrogen-bond acceptors (Lipinski definition) is 3. The number of rotatable bonds is 3. The minimum absolute atomic E-state index is 0.0209. The smallest absolute Gasteiger partial charge is 0.221 e. The van der Waals surface area contributed by atoms with Crippen molar-refractivity contribution in [3.05, 3.63) is 29.8 Å². The molecule has 1 aromatic rings. The lowest BCUT2D eigenvalue weighted by Crippen LogP contribution is -2.40. The van der Waals surface area contributed by atoms with Crippen molar-refractivity contribution >= 4 is 11.6 Å². The summed E-state index contributed by atoms with van der Waals surface area (Å²) in [6.07, 6.45) is 2.69. The summed E-state index contributed by atoms with van der Waals surface area (Å²) in [5.74, 6) is 0.815. The summed E-state index contributed by atoms with van der Waals surface area (Å²) in [7, 11) is 0. The van der Waals surface area contributed by atoms with Gasteiger partial charge in [0.05, 0.1) is 0 Å². The van der Waals surface area contributed by atoms with Gasteiger partial charge in [-0.15, -0.1) is 0 Å². The Morgan fingerprint density at radius 2 is 2.15 bits per heavy atom. The molecule has 2 N–H and O–H groups in total. The van der Waals surface area contributed by atoms with Crippen molar-refractivity contribution < 1.29 is 4.79 Å². The van der Waals surface area contributed by atoms with E-state index in [4.69, 9.17) is 0 Å². The van der Waals surface area contributed by atoms with E-state index in [1.807, 2.05) is 12.1 Å². The van der Waals surface area contributed by atoms with Gasteiger partial charge in [0.1, 0.15) is 0 Å². The number of fused-ring (bicyclic) bond motifs is 1. The molecule has 2 aliphatic heterocycles. The van der Waals surface area contributed by atoms with Gasteiger partial charge >= 0.3 is 0 Å². The molecular formula is C16H23N3O. The maximum atomic E-state index is 11.0. The van der Waals surface area contributed by atoms with E-state index >= 15 is 0 Å². The average Bonchev–Trinajstić information content (AvgIpc) is 2.82. The summed E-state index contributed by atoms with van der Waals surface area (Å²) in [6.45, 7) is 6.10. The van der Waals surface area contributed by atoms with Gasteiger partial charge in [0.25, 0.3) is 0 Å². The number of likely N-dealkylation sites (tertiary alicyclic amines) is 1. The lowest BCUT2D eigenvalue weighted by Gasteiger charge is -2.24. The molecule has 2 atom stereocenters. The molecule has 1 amide bonds. The molecule has 4 nitrogen and oxygen atoms in total. The zero-order chi connectivity index (χ0) is 13.9. The molecule has 2 heterocycles. The monoisotopic (exact) mass is 273 g/mol. The van der Waals surface area contributed by atoms with E-state index in [1.165, 1.54) is 38.4 Å². The van der Waals surface area contributed by atoms with E-state index in [2.05, 4.69) is 27.7 Å². The molecular weight excluding hydrogens is 250 g/mol. The zero-order valence-corrected chi connectivity index (χ0v) is 12.1. The number of amides is 1. The Bertz CT molecular complexity index is 457. The van der Waals surface area contributed by atoms with Crippen molar-refractivity contribution in [1.29, 1.82) is 0 Å². The van der Waals surface area contributed by atoms with Gasteiger partial charge in [-0.3, -0.25) is 9.69 Å². The van der Waals surface area contributed by atoms with Crippen LogP contribution in [0.5, 0.6) is 0 Å². The summed E-state index contributed by atoms with van der Waals surface area (Å²) in [6, 6.07) is 8.89. The summed E-state index contributed by atoms with van der Waals surface area (Å²) >= 11 is 0. The van der Waals surface area contributed by atoms with Crippen LogP contribution in [0.15, 0.2) is 24.3 Å². The lowest BCUT2D eigenvalue weighted by molar-refractivity contribution is -0.114. The first-order valence-electron chi connectivity index (χ1n) is 7.53. The van der Waals surface area contributed by atoms with E-state index in [9.17, 15) is 4.79 Å². The van der Waals surface area contributed by atoms with Crippen LogP contribution in [0.3, 0.4) is 0 Å². The van der Waals surface area contributed by atoms with Gasteiger partial charge in [-0.2, -0.15) is 0 Å². The Hall–Kier alpha value is -1.39. The van der Waals surface area contributed by atoms with Crippen molar-refractivity contribution in [3.63, 3.8) is 0 Å². The molecule has 2 fully saturated rings. The van der Waals surface area contributed by atoms with Crippen LogP contribution in [0.1, 0.15) is 25.3 Å². The van der Waals surface area contributed by atoms with Crippen LogP contribution in [-0.4, -0.2) is 36.5 Å². The maximum Gasteiger partial charge on any atom is 0.221 e. The third-order valence-electron chi connectivity index (χ3n) is 4.36. The summed E-state index contributed by atoms with van der Waals surface area (Å²) in [5.41, 5.74) is 2.19. The van der Waals surface area contributed by atoms with Crippen LogP contribution in [0.4, 0.5) is 5.69 Å². The summed E-state index contributed by atoms with van der Waals surface area (Å²) in [4.78, 5) is 13.5. The molecule has 2 aliphatic rings. The first-order valence-corrected chi connectivity index (χ1v) is 7.53. The molecule has 2 unspecified atom stereocenters. The van der Waals surface area contributed by atoms with E-state index in [0.29, 0.717) is 6.04 Å². The fraction of sp³-hybridized carbons (Fsp3) is 0.562. The second kappa shape index (κ2) is 5.94. The molecule has 108 valence electrons. The van der Waals surface area contributed by atoms with E-state index in [-0.39, 0.29) is 5.91 Å². The number of hydrogen-bond donors (Lipinski definition) is 2. The summed E-state index contributed by atoms with van der Waals surface area (Å²) < 4.78 is 0. The largest absolute Gasteiger partial charge is 0.326 e. The Morgan fingerprint density at radius 1 is 1.35 bits per heavy atom. The van der Waals surface area contributed by atoms with Gasteiger partial charge in [0.2, 0.25) is 5.91 Å². The molecule has 0 spiro atoms. The van der Waals surface area contributed by atoms with Crippen LogP contribution >= 0.6 is 0 Å². The predicted octanol–water partition coefficient (Wildman–Crippen LogP) is 1.83. The number of nitrogens with zero attached hydrogens (tertiary/aromatic N) is 1. The van der Waals surface area contributed by atoms with Gasteiger partial charge < -0.3 is 10.6 Å². The Morgan fingerprint density at radius 3 is 2.85 bits per heavy atom. The van der Waals surface area contributed by atoms with Crippen molar-refractivity contribution in [2.24, 2.45) is 5.92 Å². The molecule has 2 saturated heterocycles. The highest BCUT2D eigenvalue weighted by Gasteiger charge is 2.33. The van der Waals surface area contributed by atoms with E-state index in [1.54, 1.807) is 0 Å². The second-order valence-electron chi connectivity index (χ2n) is 6.04. The fourth-order valence-corrected chi connectivity index (χ4v) is 3.42. The van der Waals surface area contributed by atoms with Crippen molar-refractivity contribution in [3.8, 4) is 0 Å². The number of carbonyl (C=O) groups excluding carboxylic acids is 1. The number of piperidine rings is 1. The zero-order valence-electron chi connectivity index (χ0n) is 12.1. The van der Waals surface area contributed by atoms with Crippen LogP contribution in [0, 0.1) is 5.92 Å². The Labute approximate surface area is 120 Å². The molecule has 0 saturated carbocycles. The van der Waals surface area contributed by atoms with Gasteiger partial charge in [0.15, 0.2) is 0 Å². The molecule has 3 rings (SSSR count). The predicted molar refractivity (Wildman–Crippen MR) is 80.5 cm³/mol. The molecule has 20 heavy (non-hydrogen) atoms. The highest BCUT2D eigenvalue weighted by atomic mass is 16.1. The standard InChI is InChI=1S/C16H23N3O/c1-12(20)18-15-6-4-13(5-7-15)9-19-10-14-3-2-8-17-16(14)11-19/h4-7,14,16-17H,2-3,8-11H2,1H3,(H,18,20). The summed E-state index contributed by atoms with van der Waals surface area (Å²) in [5, 5.41) is 6.44. The topological polar surface area (TPSA) is 44.4 Å². The molecule has 0 bridgehead atoms. The van der Waals surface area contributed by atoms with Crippen LogP contribution < -0.4 is 10.6 Å². The number of carbonyl (C=O) groups is 1. The molecule has 1 aromatic carbocycles.